The molecule has 0 radical (unpaired) electrons. The number of rotatable bonds is 5. The molecule has 7 nitrogen and oxygen atoms in total. The van der Waals surface area contributed by atoms with Gasteiger partial charge in [0.2, 0.25) is 11.7 Å². The second-order valence-corrected chi connectivity index (χ2v) is 7.45. The molecule has 1 fully saturated rings. The first-order chi connectivity index (χ1) is 14.6. The van der Waals surface area contributed by atoms with Gasteiger partial charge in [0.15, 0.2) is 0 Å². The van der Waals surface area contributed by atoms with Crippen LogP contribution in [0.5, 0.6) is 0 Å². The molecule has 0 unspecified atom stereocenters. The van der Waals surface area contributed by atoms with Crippen LogP contribution in [-0.4, -0.2) is 46.2 Å². The third-order valence-electron chi connectivity index (χ3n) is 5.28. The topological polar surface area (TPSA) is 81.4 Å². The third-order valence-corrected chi connectivity index (χ3v) is 5.61. The van der Waals surface area contributed by atoms with E-state index >= 15 is 0 Å². The van der Waals surface area contributed by atoms with Crippen LogP contribution < -0.4 is 0 Å². The van der Waals surface area contributed by atoms with Crippen molar-refractivity contribution in [1.82, 2.24) is 20.0 Å². The molecule has 0 amide bonds. The van der Waals surface area contributed by atoms with Crippen molar-refractivity contribution in [3.63, 3.8) is 0 Å². The van der Waals surface area contributed by atoms with E-state index in [-0.39, 0.29) is 16.5 Å². The fourth-order valence-corrected chi connectivity index (χ4v) is 4.00. The fourth-order valence-electron chi connectivity index (χ4n) is 3.74. The predicted molar refractivity (Wildman–Crippen MR) is 107 cm³/mol. The SMILES string of the molecule is COC(=O)[C@H](c1c(F)cccc1Cl)N1CCC(c2nc(-c3ccccn3)no2)CC1. The van der Waals surface area contributed by atoms with Crippen LogP contribution in [0.25, 0.3) is 11.5 Å². The van der Waals surface area contributed by atoms with E-state index in [0.717, 1.165) is 0 Å². The third kappa shape index (κ3) is 4.06. The van der Waals surface area contributed by atoms with Crippen molar-refractivity contribution in [3.05, 3.63) is 64.9 Å². The summed E-state index contributed by atoms with van der Waals surface area (Å²) >= 11 is 6.22. The van der Waals surface area contributed by atoms with Crippen LogP contribution in [0, 0.1) is 5.82 Å². The molecule has 0 N–H and O–H groups in total. The van der Waals surface area contributed by atoms with Gasteiger partial charge in [-0.15, -0.1) is 0 Å². The average Bonchev–Trinajstić information content (AvgIpc) is 3.27. The lowest BCUT2D eigenvalue weighted by Gasteiger charge is -2.35. The van der Waals surface area contributed by atoms with E-state index in [9.17, 15) is 9.18 Å². The van der Waals surface area contributed by atoms with Crippen LogP contribution in [0.1, 0.15) is 36.3 Å². The number of hydrogen-bond acceptors (Lipinski definition) is 7. The summed E-state index contributed by atoms with van der Waals surface area (Å²) < 4.78 is 24.9. The molecule has 3 aromatic rings. The predicted octanol–water partition coefficient (Wildman–Crippen LogP) is 4.02. The lowest BCUT2D eigenvalue weighted by Crippen LogP contribution is -2.40. The van der Waals surface area contributed by atoms with Crippen molar-refractivity contribution in [3.8, 4) is 11.5 Å². The minimum absolute atomic E-state index is 0.0422. The first-order valence-electron chi connectivity index (χ1n) is 9.59. The molecule has 1 atom stereocenters. The molecule has 1 aliphatic heterocycles. The average molecular weight is 431 g/mol. The molecule has 1 aromatic carbocycles. The Labute approximate surface area is 177 Å². The molecular weight excluding hydrogens is 411 g/mol. The Kier molecular flexibility index (Phi) is 6.06. The zero-order valence-corrected chi connectivity index (χ0v) is 17.1. The number of likely N-dealkylation sites (tertiary alicyclic amines) is 1. The van der Waals surface area contributed by atoms with E-state index in [0.29, 0.717) is 43.3 Å². The van der Waals surface area contributed by atoms with Gasteiger partial charge >= 0.3 is 5.97 Å². The molecule has 0 aliphatic carbocycles. The van der Waals surface area contributed by atoms with Gasteiger partial charge in [0.1, 0.15) is 17.6 Å². The zero-order valence-electron chi connectivity index (χ0n) is 16.3. The summed E-state index contributed by atoms with van der Waals surface area (Å²) in [4.78, 5) is 23.1. The van der Waals surface area contributed by atoms with Gasteiger partial charge in [-0.05, 0) is 37.1 Å². The maximum atomic E-state index is 14.5. The van der Waals surface area contributed by atoms with Crippen LogP contribution in [0.3, 0.4) is 0 Å². The number of hydrogen-bond donors (Lipinski definition) is 0. The number of pyridine rings is 1. The number of carbonyl (C=O) groups excluding carboxylic acids is 1. The smallest absolute Gasteiger partial charge is 0.327 e. The molecule has 0 saturated carbocycles. The highest BCUT2D eigenvalue weighted by atomic mass is 35.5. The van der Waals surface area contributed by atoms with Crippen molar-refractivity contribution in [1.29, 1.82) is 0 Å². The first-order valence-corrected chi connectivity index (χ1v) is 9.97. The summed E-state index contributed by atoms with van der Waals surface area (Å²) in [7, 11) is 1.29. The summed E-state index contributed by atoms with van der Waals surface area (Å²) in [6.07, 6.45) is 3.01. The minimum Gasteiger partial charge on any atom is -0.468 e. The standard InChI is InChI=1S/C21H20ClFN4O3/c1-29-21(28)18(17-14(22)5-4-6-15(17)23)27-11-8-13(9-12-27)20-25-19(26-30-20)16-7-2-3-10-24-16/h2-7,10,13,18H,8-9,11-12H2,1H3/t18-/m0/s1. The Bertz CT molecular complexity index is 1000. The molecule has 0 spiro atoms. The molecule has 4 rings (SSSR count). The summed E-state index contributed by atoms with van der Waals surface area (Å²) in [6.45, 7) is 1.05. The highest BCUT2D eigenvalue weighted by Crippen LogP contribution is 2.36. The van der Waals surface area contributed by atoms with Gasteiger partial charge in [-0.25, -0.2) is 9.18 Å². The van der Waals surface area contributed by atoms with Gasteiger partial charge in [-0.2, -0.15) is 4.98 Å². The van der Waals surface area contributed by atoms with Gasteiger partial charge in [-0.3, -0.25) is 9.88 Å². The van der Waals surface area contributed by atoms with Crippen molar-refractivity contribution in [2.75, 3.05) is 20.2 Å². The van der Waals surface area contributed by atoms with Crippen molar-refractivity contribution < 1.29 is 18.4 Å². The second kappa shape index (κ2) is 8.89. The lowest BCUT2D eigenvalue weighted by molar-refractivity contribution is -0.148. The van der Waals surface area contributed by atoms with Gasteiger partial charge in [0, 0.05) is 35.8 Å². The van der Waals surface area contributed by atoms with Crippen molar-refractivity contribution in [2.24, 2.45) is 0 Å². The van der Waals surface area contributed by atoms with E-state index in [1.54, 1.807) is 12.3 Å². The normalized spacial score (nSPS) is 16.4. The number of methoxy groups -OCH3 is 1. The highest BCUT2D eigenvalue weighted by Gasteiger charge is 2.36. The maximum Gasteiger partial charge on any atom is 0.327 e. The first kappa shape index (κ1) is 20.4. The molecule has 0 bridgehead atoms. The molecule has 9 heteroatoms. The summed E-state index contributed by atoms with van der Waals surface area (Å²) in [6, 6.07) is 8.96. The number of nitrogens with zero attached hydrogens (tertiary/aromatic N) is 4. The van der Waals surface area contributed by atoms with Crippen LogP contribution in [-0.2, 0) is 9.53 Å². The Hall–Kier alpha value is -2.84. The van der Waals surface area contributed by atoms with E-state index < -0.39 is 17.8 Å². The van der Waals surface area contributed by atoms with Crippen LogP contribution in [0.2, 0.25) is 5.02 Å². The number of benzene rings is 1. The largest absolute Gasteiger partial charge is 0.468 e. The van der Waals surface area contributed by atoms with Crippen molar-refractivity contribution >= 4 is 17.6 Å². The van der Waals surface area contributed by atoms with Crippen LogP contribution >= 0.6 is 11.6 Å². The summed E-state index contributed by atoms with van der Waals surface area (Å²) in [5.41, 5.74) is 0.782. The molecular formula is C21H20ClFN4O3. The van der Waals surface area contributed by atoms with Crippen molar-refractivity contribution in [2.45, 2.75) is 24.8 Å². The molecule has 156 valence electrons. The summed E-state index contributed by atoms with van der Waals surface area (Å²) in [5, 5.41) is 4.22. The number of carbonyl (C=O) groups is 1. The molecule has 1 aliphatic rings. The number of ether oxygens (including phenoxy) is 1. The Morgan fingerprint density at radius 3 is 2.73 bits per heavy atom. The number of piperidine rings is 1. The molecule has 1 saturated heterocycles. The zero-order chi connectivity index (χ0) is 21.1. The van der Waals surface area contributed by atoms with Crippen LogP contribution in [0.4, 0.5) is 4.39 Å². The maximum absolute atomic E-state index is 14.5. The second-order valence-electron chi connectivity index (χ2n) is 7.04. The Balaban J connectivity index is 1.50. The van der Waals surface area contributed by atoms with E-state index in [2.05, 4.69) is 15.1 Å². The fraction of sp³-hybridized carbons (Fsp3) is 0.333. The number of halogens is 2. The Morgan fingerprint density at radius 2 is 2.07 bits per heavy atom. The van der Waals surface area contributed by atoms with Gasteiger partial charge in [0.25, 0.3) is 0 Å². The summed E-state index contributed by atoms with van der Waals surface area (Å²) in [5.74, 6) is -0.0549. The van der Waals surface area contributed by atoms with E-state index in [1.165, 1.54) is 19.2 Å². The monoisotopic (exact) mass is 430 g/mol. The highest BCUT2D eigenvalue weighted by molar-refractivity contribution is 6.31. The van der Waals surface area contributed by atoms with Gasteiger partial charge in [-0.1, -0.05) is 28.9 Å². The van der Waals surface area contributed by atoms with E-state index in [1.807, 2.05) is 23.1 Å². The van der Waals surface area contributed by atoms with Gasteiger partial charge < -0.3 is 9.26 Å². The minimum atomic E-state index is -0.906. The molecule has 3 heterocycles. The number of aromatic nitrogens is 3. The quantitative estimate of drug-likeness (QED) is 0.565. The lowest BCUT2D eigenvalue weighted by atomic mass is 9.94. The molecule has 30 heavy (non-hydrogen) atoms. The van der Waals surface area contributed by atoms with Crippen LogP contribution in [0.15, 0.2) is 47.1 Å². The number of esters is 1. The molecule has 2 aromatic heterocycles. The van der Waals surface area contributed by atoms with Gasteiger partial charge in [0.05, 0.1) is 7.11 Å². The Morgan fingerprint density at radius 1 is 1.27 bits per heavy atom. The van der Waals surface area contributed by atoms with E-state index in [4.69, 9.17) is 20.9 Å².